The first kappa shape index (κ1) is 13.8. The van der Waals surface area contributed by atoms with Gasteiger partial charge in [-0.3, -0.25) is 4.99 Å². The van der Waals surface area contributed by atoms with Crippen molar-refractivity contribution < 1.29 is 4.74 Å². The lowest BCUT2D eigenvalue weighted by Gasteiger charge is -2.25. The maximum atomic E-state index is 5.18. The van der Waals surface area contributed by atoms with Gasteiger partial charge in [0, 0.05) is 12.9 Å². The Morgan fingerprint density at radius 2 is 2.25 bits per heavy atom. The molecule has 0 saturated carbocycles. The Morgan fingerprint density at radius 1 is 1.56 bits per heavy atom. The van der Waals surface area contributed by atoms with E-state index < -0.39 is 0 Å². The Balaban J connectivity index is 2.44. The number of hydrogen-bond donors (Lipinski definition) is 1. The molecule has 0 spiro atoms. The van der Waals surface area contributed by atoms with Crippen molar-refractivity contribution in [2.75, 3.05) is 19.5 Å². The van der Waals surface area contributed by atoms with Crippen LogP contribution in [0.25, 0.3) is 0 Å². The van der Waals surface area contributed by atoms with Crippen molar-refractivity contribution in [1.29, 1.82) is 0 Å². The summed E-state index contributed by atoms with van der Waals surface area (Å²) in [5.74, 6) is 1.84. The number of methoxy groups -OCH3 is 1. The van der Waals surface area contributed by atoms with E-state index in [-0.39, 0.29) is 5.54 Å². The van der Waals surface area contributed by atoms with Gasteiger partial charge < -0.3 is 10.1 Å². The van der Waals surface area contributed by atoms with E-state index in [2.05, 4.69) is 33.0 Å². The monoisotopic (exact) mass is 244 g/mol. The number of aliphatic imine (C=N–C) groups is 1. The molecule has 1 heterocycles. The van der Waals surface area contributed by atoms with Crippen LogP contribution in [0.2, 0.25) is 0 Å². The second-order valence-electron chi connectivity index (χ2n) is 5.47. The smallest absolute Gasteiger partial charge is 0.157 e. The molecule has 1 unspecified atom stereocenters. The van der Waals surface area contributed by atoms with E-state index in [4.69, 9.17) is 9.73 Å². The Labute approximate surface area is 103 Å². The average molecular weight is 244 g/mol. The van der Waals surface area contributed by atoms with Crippen LogP contribution in [0.4, 0.5) is 0 Å². The lowest BCUT2D eigenvalue weighted by atomic mass is 10.1. The van der Waals surface area contributed by atoms with Crippen molar-refractivity contribution >= 4 is 16.9 Å². The molecule has 1 atom stereocenters. The summed E-state index contributed by atoms with van der Waals surface area (Å²) in [6.45, 7) is 9.47. The van der Waals surface area contributed by atoms with Crippen LogP contribution in [0, 0.1) is 5.92 Å². The van der Waals surface area contributed by atoms with Crippen LogP contribution in [0.5, 0.6) is 0 Å². The van der Waals surface area contributed by atoms with E-state index in [0.29, 0.717) is 12.6 Å². The van der Waals surface area contributed by atoms with Gasteiger partial charge in [-0.25, -0.2) is 0 Å². The van der Waals surface area contributed by atoms with Crippen LogP contribution < -0.4 is 5.32 Å². The van der Waals surface area contributed by atoms with Gasteiger partial charge in [0.2, 0.25) is 0 Å². The van der Waals surface area contributed by atoms with Crippen LogP contribution in [-0.4, -0.2) is 36.2 Å². The molecule has 1 rings (SSSR count). The van der Waals surface area contributed by atoms with Gasteiger partial charge in [-0.1, -0.05) is 25.6 Å². The van der Waals surface area contributed by atoms with Gasteiger partial charge in [-0.15, -0.1) is 0 Å². The molecule has 16 heavy (non-hydrogen) atoms. The van der Waals surface area contributed by atoms with Crippen molar-refractivity contribution in [1.82, 2.24) is 5.32 Å². The number of nitrogens with one attached hydrogen (secondary N) is 1. The summed E-state index contributed by atoms with van der Waals surface area (Å²) in [5.41, 5.74) is -0.0344. The van der Waals surface area contributed by atoms with Crippen LogP contribution >= 0.6 is 11.8 Å². The largest absolute Gasteiger partial charge is 0.382 e. The van der Waals surface area contributed by atoms with Gasteiger partial charge in [0.05, 0.1) is 18.2 Å². The predicted molar refractivity (Wildman–Crippen MR) is 72.2 cm³/mol. The Morgan fingerprint density at radius 3 is 2.81 bits per heavy atom. The average Bonchev–Trinajstić information content (AvgIpc) is 2.49. The van der Waals surface area contributed by atoms with Crippen molar-refractivity contribution in [2.45, 2.75) is 45.7 Å². The summed E-state index contributed by atoms with van der Waals surface area (Å²) in [5, 5.41) is 4.52. The van der Waals surface area contributed by atoms with E-state index in [0.717, 1.165) is 16.8 Å². The third-order valence-corrected chi connectivity index (χ3v) is 3.44. The molecule has 0 aromatic rings. The Hall–Kier alpha value is -0.220. The summed E-state index contributed by atoms with van der Waals surface area (Å²) >= 11 is 1.83. The van der Waals surface area contributed by atoms with Crippen molar-refractivity contribution in [3.8, 4) is 0 Å². The van der Waals surface area contributed by atoms with E-state index in [9.17, 15) is 0 Å². The molecule has 0 amide bonds. The number of rotatable bonds is 5. The minimum Gasteiger partial charge on any atom is -0.382 e. The van der Waals surface area contributed by atoms with Crippen LogP contribution in [0.3, 0.4) is 0 Å². The highest BCUT2D eigenvalue weighted by Gasteiger charge is 2.24. The summed E-state index contributed by atoms with van der Waals surface area (Å²) in [6.07, 6.45) is 1.18. The number of hydrogen-bond acceptors (Lipinski definition) is 4. The summed E-state index contributed by atoms with van der Waals surface area (Å²) < 4.78 is 5.18. The first-order valence-electron chi connectivity index (χ1n) is 5.90. The normalized spacial score (nSPS) is 21.4. The molecule has 4 heteroatoms. The highest BCUT2D eigenvalue weighted by atomic mass is 32.2. The summed E-state index contributed by atoms with van der Waals surface area (Å²) in [7, 11) is 1.73. The Kier molecular flexibility index (Phi) is 5.12. The first-order valence-corrected chi connectivity index (χ1v) is 6.89. The van der Waals surface area contributed by atoms with Crippen LogP contribution in [0.1, 0.15) is 34.1 Å². The fourth-order valence-electron chi connectivity index (χ4n) is 1.84. The standard InChI is InChI=1S/C12H24N2OS/c1-9(2)6-10-7-16-11(13-10)14-12(3,4)8-15-5/h9-10H,6-8H2,1-5H3,(H,13,14). The molecule has 3 nitrogen and oxygen atoms in total. The summed E-state index contributed by atoms with van der Waals surface area (Å²) in [6, 6.07) is 0.492. The quantitative estimate of drug-likeness (QED) is 0.807. The fraction of sp³-hybridized carbons (Fsp3) is 0.917. The van der Waals surface area contributed by atoms with Gasteiger partial charge in [-0.2, -0.15) is 0 Å². The van der Waals surface area contributed by atoms with Crippen molar-refractivity contribution in [3.63, 3.8) is 0 Å². The predicted octanol–water partition coefficient (Wildman–Crippen LogP) is 2.52. The first-order chi connectivity index (χ1) is 7.43. The molecular formula is C12H24N2OS. The number of nitrogens with zero attached hydrogens (tertiary/aromatic N) is 1. The van der Waals surface area contributed by atoms with Crippen LogP contribution in [-0.2, 0) is 4.74 Å². The molecule has 0 fully saturated rings. The zero-order valence-electron chi connectivity index (χ0n) is 11.0. The van der Waals surface area contributed by atoms with Crippen LogP contribution in [0.15, 0.2) is 4.99 Å². The second-order valence-corrected chi connectivity index (χ2v) is 6.48. The van der Waals surface area contributed by atoms with E-state index in [1.165, 1.54) is 6.42 Å². The maximum absolute atomic E-state index is 5.18. The molecule has 0 aliphatic carbocycles. The molecule has 1 aliphatic rings. The fourth-order valence-corrected chi connectivity index (χ4v) is 2.97. The topological polar surface area (TPSA) is 33.6 Å². The molecular weight excluding hydrogens is 220 g/mol. The Bertz CT molecular complexity index is 251. The molecule has 0 saturated heterocycles. The van der Waals surface area contributed by atoms with E-state index in [1.807, 2.05) is 11.8 Å². The van der Waals surface area contributed by atoms with E-state index >= 15 is 0 Å². The lowest BCUT2D eigenvalue weighted by molar-refractivity contribution is 0.140. The van der Waals surface area contributed by atoms with Gasteiger partial charge in [0.15, 0.2) is 5.17 Å². The lowest BCUT2D eigenvalue weighted by Crippen LogP contribution is -2.45. The third-order valence-electron chi connectivity index (χ3n) is 2.41. The molecule has 0 bridgehead atoms. The van der Waals surface area contributed by atoms with Gasteiger partial charge in [-0.05, 0) is 26.2 Å². The molecule has 0 radical (unpaired) electrons. The molecule has 0 aromatic carbocycles. The molecule has 1 aliphatic heterocycles. The van der Waals surface area contributed by atoms with E-state index in [1.54, 1.807) is 7.11 Å². The number of amidine groups is 1. The summed E-state index contributed by atoms with van der Waals surface area (Å²) in [4.78, 5) is 4.71. The SMILES string of the molecule is COCC(C)(C)NC1=NC(CC(C)C)CS1. The number of thioether (sulfide) groups is 1. The van der Waals surface area contributed by atoms with Crippen molar-refractivity contribution in [2.24, 2.45) is 10.9 Å². The minimum absolute atomic E-state index is 0.0344. The van der Waals surface area contributed by atoms with Gasteiger partial charge in [0.25, 0.3) is 0 Å². The maximum Gasteiger partial charge on any atom is 0.157 e. The minimum atomic E-state index is -0.0344. The zero-order valence-corrected chi connectivity index (χ0v) is 11.9. The molecule has 94 valence electrons. The molecule has 1 N–H and O–H groups in total. The van der Waals surface area contributed by atoms with Crippen molar-refractivity contribution in [3.05, 3.63) is 0 Å². The third kappa shape index (κ3) is 4.74. The highest BCUT2D eigenvalue weighted by Crippen LogP contribution is 2.23. The second kappa shape index (κ2) is 5.92. The van der Waals surface area contributed by atoms with Gasteiger partial charge >= 0.3 is 0 Å². The zero-order chi connectivity index (χ0) is 12.2. The van der Waals surface area contributed by atoms with Gasteiger partial charge in [0.1, 0.15) is 0 Å². The molecule has 0 aromatic heterocycles. The highest BCUT2D eigenvalue weighted by molar-refractivity contribution is 8.14. The number of ether oxygens (including phenoxy) is 1.